The minimum atomic E-state index is -4.37. The Morgan fingerprint density at radius 1 is 1.10 bits per heavy atom. The molecule has 0 atom stereocenters. The highest BCUT2D eigenvalue weighted by Crippen LogP contribution is 2.30. The Bertz CT molecular complexity index is 1010. The number of carbonyl (C=O) groups excluding carboxylic acids is 1. The molecule has 0 aliphatic rings. The number of hydrogen-bond acceptors (Lipinski definition) is 4. The van der Waals surface area contributed by atoms with Gasteiger partial charge in [0.25, 0.3) is 0 Å². The van der Waals surface area contributed by atoms with E-state index in [4.69, 9.17) is 0 Å². The summed E-state index contributed by atoms with van der Waals surface area (Å²) < 4.78 is 38.5. The lowest BCUT2D eigenvalue weighted by molar-refractivity contribution is -0.137. The summed E-state index contributed by atoms with van der Waals surface area (Å²) in [6.07, 6.45) is -2.48. The smallest absolute Gasteiger partial charge is 0.376 e. The zero-order valence-electron chi connectivity index (χ0n) is 15.9. The first-order chi connectivity index (χ1) is 13.7. The van der Waals surface area contributed by atoms with Crippen LogP contribution in [0.5, 0.6) is 0 Å². The lowest BCUT2D eigenvalue weighted by atomic mass is 10.1. The second-order valence-electron chi connectivity index (χ2n) is 6.71. The van der Waals surface area contributed by atoms with Crippen LogP contribution >= 0.6 is 11.3 Å². The standard InChI is InChI=1S/C21H20F3N3OS/c1-13-6-7-17(8-14(13)2)25-12-19(28)27-20-26-11-18(29-20)10-15-4-3-5-16(9-15)21(22,23)24/h3-9,11,25H,10,12H2,1-2H3,(H,26,27,28). The quantitative estimate of drug-likeness (QED) is 0.561. The van der Waals surface area contributed by atoms with E-state index in [1.807, 2.05) is 32.0 Å². The average Bonchev–Trinajstić information content (AvgIpc) is 3.09. The topological polar surface area (TPSA) is 54.0 Å². The fraction of sp³-hybridized carbons (Fsp3) is 0.238. The van der Waals surface area contributed by atoms with Gasteiger partial charge in [0.05, 0.1) is 12.1 Å². The lowest BCUT2D eigenvalue weighted by Crippen LogP contribution is -2.21. The van der Waals surface area contributed by atoms with Gasteiger partial charge >= 0.3 is 6.18 Å². The zero-order valence-corrected chi connectivity index (χ0v) is 16.7. The van der Waals surface area contributed by atoms with Crippen LogP contribution < -0.4 is 10.6 Å². The highest BCUT2D eigenvalue weighted by molar-refractivity contribution is 7.15. The first kappa shape index (κ1) is 20.9. The Morgan fingerprint density at radius 2 is 1.90 bits per heavy atom. The van der Waals surface area contributed by atoms with Gasteiger partial charge in [-0.25, -0.2) is 4.98 Å². The molecular formula is C21H20F3N3OS. The molecule has 8 heteroatoms. The number of alkyl halides is 3. The van der Waals surface area contributed by atoms with E-state index in [1.54, 1.807) is 12.3 Å². The first-order valence-electron chi connectivity index (χ1n) is 8.92. The predicted molar refractivity (Wildman–Crippen MR) is 109 cm³/mol. The van der Waals surface area contributed by atoms with Crippen LogP contribution in [0.15, 0.2) is 48.7 Å². The molecule has 0 bridgehead atoms. The van der Waals surface area contributed by atoms with Crippen molar-refractivity contribution in [3.8, 4) is 0 Å². The third-order valence-corrected chi connectivity index (χ3v) is 5.31. The fourth-order valence-corrected chi connectivity index (χ4v) is 3.57. The van der Waals surface area contributed by atoms with Gasteiger partial charge < -0.3 is 10.6 Å². The number of nitrogens with zero attached hydrogens (tertiary/aromatic N) is 1. The van der Waals surface area contributed by atoms with Crippen molar-refractivity contribution >= 4 is 28.1 Å². The Kier molecular flexibility index (Phi) is 6.22. The zero-order chi connectivity index (χ0) is 21.0. The maximum atomic E-state index is 12.8. The second kappa shape index (κ2) is 8.65. The molecule has 3 rings (SSSR count). The molecule has 2 N–H and O–H groups in total. The summed E-state index contributed by atoms with van der Waals surface area (Å²) in [4.78, 5) is 17.0. The maximum Gasteiger partial charge on any atom is 0.416 e. The molecule has 0 aliphatic carbocycles. The molecule has 0 fully saturated rings. The van der Waals surface area contributed by atoms with Gasteiger partial charge in [-0.05, 0) is 48.7 Å². The Balaban J connectivity index is 1.56. The summed E-state index contributed by atoms with van der Waals surface area (Å²) in [5.74, 6) is -0.247. The van der Waals surface area contributed by atoms with E-state index in [2.05, 4.69) is 15.6 Å². The molecule has 29 heavy (non-hydrogen) atoms. The minimum absolute atomic E-state index is 0.0883. The van der Waals surface area contributed by atoms with E-state index in [0.717, 1.165) is 28.3 Å². The normalized spacial score (nSPS) is 11.3. The Hall–Kier alpha value is -2.87. The summed E-state index contributed by atoms with van der Waals surface area (Å²) in [5.41, 5.74) is 3.03. The second-order valence-corrected chi connectivity index (χ2v) is 7.82. The van der Waals surface area contributed by atoms with Gasteiger partial charge in [-0.3, -0.25) is 4.79 Å². The summed E-state index contributed by atoms with van der Waals surface area (Å²) in [7, 11) is 0. The molecule has 0 aliphatic heterocycles. The van der Waals surface area contributed by atoms with Crippen LogP contribution in [0.2, 0.25) is 0 Å². The summed E-state index contributed by atoms with van der Waals surface area (Å²) in [5, 5.41) is 6.18. The van der Waals surface area contributed by atoms with Crippen LogP contribution in [0.3, 0.4) is 0 Å². The number of halogens is 3. The fourth-order valence-electron chi connectivity index (χ4n) is 2.70. The number of amides is 1. The maximum absolute atomic E-state index is 12.8. The third-order valence-electron chi connectivity index (χ3n) is 4.39. The van der Waals surface area contributed by atoms with E-state index in [0.29, 0.717) is 17.1 Å². The predicted octanol–water partition coefficient (Wildman–Crippen LogP) is 5.42. The highest BCUT2D eigenvalue weighted by Gasteiger charge is 2.30. The number of hydrogen-bond donors (Lipinski definition) is 2. The van der Waals surface area contributed by atoms with Crippen molar-refractivity contribution in [1.29, 1.82) is 0 Å². The number of rotatable bonds is 6. The molecule has 3 aromatic rings. The van der Waals surface area contributed by atoms with Crippen molar-refractivity contribution in [3.63, 3.8) is 0 Å². The number of nitrogens with one attached hydrogen (secondary N) is 2. The lowest BCUT2D eigenvalue weighted by Gasteiger charge is -2.08. The number of anilines is 2. The number of aryl methyl sites for hydroxylation is 2. The molecule has 0 unspecified atom stereocenters. The molecule has 152 valence electrons. The van der Waals surface area contributed by atoms with Crippen molar-refractivity contribution in [2.24, 2.45) is 0 Å². The summed E-state index contributed by atoms with van der Waals surface area (Å²) >= 11 is 1.24. The molecule has 1 heterocycles. The van der Waals surface area contributed by atoms with Crippen LogP contribution in [0.1, 0.15) is 27.1 Å². The molecule has 4 nitrogen and oxygen atoms in total. The van der Waals surface area contributed by atoms with Crippen molar-refractivity contribution in [2.75, 3.05) is 17.2 Å². The SMILES string of the molecule is Cc1ccc(NCC(=O)Nc2ncc(Cc3cccc(C(F)(F)F)c3)s2)cc1C. The largest absolute Gasteiger partial charge is 0.416 e. The first-order valence-corrected chi connectivity index (χ1v) is 9.74. The molecule has 0 saturated carbocycles. The number of thiazole rings is 1. The molecule has 0 radical (unpaired) electrons. The van der Waals surface area contributed by atoms with Gasteiger partial charge in [0.2, 0.25) is 5.91 Å². The van der Waals surface area contributed by atoms with E-state index in [9.17, 15) is 18.0 Å². The molecule has 0 saturated heterocycles. The van der Waals surface area contributed by atoms with Crippen molar-refractivity contribution in [2.45, 2.75) is 26.4 Å². The van der Waals surface area contributed by atoms with Crippen LogP contribution in [0, 0.1) is 13.8 Å². The van der Waals surface area contributed by atoms with Crippen LogP contribution in [0.4, 0.5) is 24.0 Å². The van der Waals surface area contributed by atoms with Crippen molar-refractivity contribution < 1.29 is 18.0 Å². The van der Waals surface area contributed by atoms with Crippen molar-refractivity contribution in [1.82, 2.24) is 4.98 Å². The van der Waals surface area contributed by atoms with Crippen molar-refractivity contribution in [3.05, 3.63) is 75.8 Å². The number of benzene rings is 2. The summed E-state index contributed by atoms with van der Waals surface area (Å²) in [6, 6.07) is 11.1. The van der Waals surface area contributed by atoms with Gasteiger partial charge in [-0.2, -0.15) is 13.2 Å². The van der Waals surface area contributed by atoms with Gasteiger partial charge in [0, 0.05) is 23.2 Å². The monoisotopic (exact) mass is 419 g/mol. The van der Waals surface area contributed by atoms with Crippen LogP contribution in [0.25, 0.3) is 0 Å². The highest BCUT2D eigenvalue weighted by atomic mass is 32.1. The molecule has 1 aromatic heterocycles. The van der Waals surface area contributed by atoms with Gasteiger partial charge in [0.1, 0.15) is 0 Å². The van der Waals surface area contributed by atoms with E-state index < -0.39 is 11.7 Å². The summed E-state index contributed by atoms with van der Waals surface area (Å²) in [6.45, 7) is 4.11. The van der Waals surface area contributed by atoms with Gasteiger partial charge in [-0.1, -0.05) is 24.3 Å². The van der Waals surface area contributed by atoms with E-state index in [1.165, 1.54) is 23.0 Å². The van der Waals surface area contributed by atoms with E-state index >= 15 is 0 Å². The Labute approximate surface area is 170 Å². The molecular weight excluding hydrogens is 399 g/mol. The van der Waals surface area contributed by atoms with Crippen LogP contribution in [-0.2, 0) is 17.4 Å². The molecule has 0 spiro atoms. The molecule has 1 amide bonds. The van der Waals surface area contributed by atoms with E-state index in [-0.39, 0.29) is 12.5 Å². The minimum Gasteiger partial charge on any atom is -0.376 e. The van der Waals surface area contributed by atoms with Crippen LogP contribution in [-0.4, -0.2) is 17.4 Å². The van der Waals surface area contributed by atoms with Gasteiger partial charge in [-0.15, -0.1) is 11.3 Å². The number of aromatic nitrogens is 1. The Morgan fingerprint density at radius 3 is 2.62 bits per heavy atom. The number of carbonyl (C=O) groups is 1. The molecule has 2 aromatic carbocycles. The third kappa shape index (κ3) is 5.80. The average molecular weight is 419 g/mol. The van der Waals surface area contributed by atoms with Gasteiger partial charge in [0.15, 0.2) is 5.13 Å².